The average molecular weight is 200 g/mol. The molecule has 2 N–H and O–H groups in total. The van der Waals surface area contributed by atoms with E-state index >= 15 is 0 Å². The largest absolute Gasteiger partial charge is 0.480 e. The number of aliphatic carboxylic acids is 1. The fourth-order valence-corrected chi connectivity index (χ4v) is 1.62. The summed E-state index contributed by atoms with van der Waals surface area (Å²) in [5, 5.41) is 11.7. The van der Waals surface area contributed by atoms with E-state index in [1.165, 1.54) is 4.90 Å². The molecular weight excluding hydrogens is 184 g/mol. The summed E-state index contributed by atoms with van der Waals surface area (Å²) in [5.74, 6) is -1.05. The van der Waals surface area contributed by atoms with Gasteiger partial charge < -0.3 is 15.3 Å². The van der Waals surface area contributed by atoms with Gasteiger partial charge in [-0.25, -0.2) is 0 Å². The van der Waals surface area contributed by atoms with Crippen LogP contribution >= 0.6 is 0 Å². The zero-order chi connectivity index (χ0) is 10.6. The Balaban J connectivity index is 2.50. The van der Waals surface area contributed by atoms with Crippen molar-refractivity contribution in [3.63, 3.8) is 0 Å². The molecule has 0 aromatic carbocycles. The average Bonchev–Trinajstić information content (AvgIpc) is 2.65. The van der Waals surface area contributed by atoms with Crippen LogP contribution in [-0.4, -0.2) is 47.6 Å². The van der Waals surface area contributed by atoms with Gasteiger partial charge >= 0.3 is 5.97 Å². The van der Waals surface area contributed by atoms with Crippen LogP contribution < -0.4 is 5.32 Å². The molecule has 5 heteroatoms. The smallest absolute Gasteiger partial charge is 0.323 e. The van der Waals surface area contributed by atoms with Crippen molar-refractivity contribution >= 4 is 11.9 Å². The van der Waals surface area contributed by atoms with Gasteiger partial charge in [0.05, 0.1) is 6.04 Å². The Morgan fingerprint density at radius 1 is 1.57 bits per heavy atom. The van der Waals surface area contributed by atoms with Crippen LogP contribution in [0.3, 0.4) is 0 Å². The van der Waals surface area contributed by atoms with Gasteiger partial charge in [-0.3, -0.25) is 9.59 Å². The van der Waals surface area contributed by atoms with Crippen molar-refractivity contribution in [3.05, 3.63) is 0 Å². The summed E-state index contributed by atoms with van der Waals surface area (Å²) in [6, 6.07) is -0.172. The van der Waals surface area contributed by atoms with E-state index in [0.29, 0.717) is 6.54 Å². The lowest BCUT2D eigenvalue weighted by molar-refractivity contribution is -0.145. The number of nitrogens with one attached hydrogen (secondary N) is 1. The molecule has 5 nitrogen and oxygen atoms in total. The Morgan fingerprint density at radius 3 is 2.71 bits per heavy atom. The SMILES string of the molecule is CCN(CC(=O)O)C(=O)[C@@H]1CCCN1. The summed E-state index contributed by atoms with van der Waals surface area (Å²) in [6.45, 7) is 2.88. The number of carbonyl (C=O) groups is 2. The molecule has 14 heavy (non-hydrogen) atoms. The molecule has 0 bridgehead atoms. The summed E-state index contributed by atoms with van der Waals surface area (Å²) >= 11 is 0. The topological polar surface area (TPSA) is 69.6 Å². The molecule has 1 heterocycles. The van der Waals surface area contributed by atoms with E-state index in [0.717, 1.165) is 19.4 Å². The van der Waals surface area contributed by atoms with E-state index in [9.17, 15) is 9.59 Å². The van der Waals surface area contributed by atoms with Crippen LogP contribution in [0.5, 0.6) is 0 Å². The quantitative estimate of drug-likeness (QED) is 0.652. The molecule has 0 saturated carbocycles. The van der Waals surface area contributed by atoms with Crippen molar-refractivity contribution in [2.75, 3.05) is 19.6 Å². The number of hydrogen-bond acceptors (Lipinski definition) is 3. The minimum absolute atomic E-state index is 0.0904. The Labute approximate surface area is 83.1 Å². The van der Waals surface area contributed by atoms with Gasteiger partial charge in [0, 0.05) is 6.54 Å². The summed E-state index contributed by atoms with van der Waals surface area (Å²) < 4.78 is 0. The number of hydrogen-bond donors (Lipinski definition) is 2. The van der Waals surface area contributed by atoms with Crippen molar-refractivity contribution in [1.29, 1.82) is 0 Å². The summed E-state index contributed by atoms with van der Waals surface area (Å²) in [6.07, 6.45) is 1.80. The molecule has 0 aliphatic carbocycles. The molecule has 1 rings (SSSR count). The first kappa shape index (κ1) is 11.0. The first-order valence-electron chi connectivity index (χ1n) is 4.89. The molecule has 1 aliphatic heterocycles. The number of carboxylic acids is 1. The monoisotopic (exact) mass is 200 g/mol. The molecular formula is C9H16N2O3. The van der Waals surface area contributed by atoms with Gasteiger partial charge in [0.1, 0.15) is 6.54 Å². The van der Waals surface area contributed by atoms with Crippen LogP contribution in [-0.2, 0) is 9.59 Å². The number of rotatable bonds is 4. The molecule has 0 radical (unpaired) electrons. The maximum absolute atomic E-state index is 11.7. The van der Waals surface area contributed by atoms with Crippen molar-refractivity contribution < 1.29 is 14.7 Å². The Hall–Kier alpha value is -1.10. The highest BCUT2D eigenvalue weighted by Gasteiger charge is 2.26. The summed E-state index contributed by atoms with van der Waals surface area (Å²) in [7, 11) is 0. The lowest BCUT2D eigenvalue weighted by atomic mass is 10.2. The molecule has 1 aliphatic rings. The normalized spacial score (nSPS) is 20.8. The molecule has 1 fully saturated rings. The highest BCUT2D eigenvalue weighted by molar-refractivity contribution is 5.85. The zero-order valence-electron chi connectivity index (χ0n) is 8.32. The molecule has 0 aromatic heterocycles. The van der Waals surface area contributed by atoms with Gasteiger partial charge in [0.25, 0.3) is 0 Å². The molecule has 0 spiro atoms. The number of carbonyl (C=O) groups excluding carboxylic acids is 1. The number of carboxylic acid groups (broad SMARTS) is 1. The van der Waals surface area contributed by atoms with Gasteiger partial charge in [-0.2, -0.15) is 0 Å². The van der Waals surface area contributed by atoms with Gasteiger partial charge in [-0.05, 0) is 26.3 Å². The molecule has 80 valence electrons. The van der Waals surface area contributed by atoms with Crippen LogP contribution in [0.2, 0.25) is 0 Å². The van der Waals surface area contributed by atoms with Crippen LogP contribution in [0.15, 0.2) is 0 Å². The van der Waals surface area contributed by atoms with Crippen molar-refractivity contribution in [3.8, 4) is 0 Å². The molecule has 0 aromatic rings. The van der Waals surface area contributed by atoms with Crippen LogP contribution in [0, 0.1) is 0 Å². The van der Waals surface area contributed by atoms with E-state index in [1.54, 1.807) is 6.92 Å². The van der Waals surface area contributed by atoms with Gasteiger partial charge in [0.2, 0.25) is 5.91 Å². The second kappa shape index (κ2) is 4.95. The van der Waals surface area contributed by atoms with Crippen molar-refractivity contribution in [2.45, 2.75) is 25.8 Å². The fraction of sp³-hybridized carbons (Fsp3) is 0.778. The molecule has 1 saturated heterocycles. The predicted octanol–water partition coefficient (Wildman–Crippen LogP) is -0.328. The van der Waals surface area contributed by atoms with Crippen LogP contribution in [0.4, 0.5) is 0 Å². The predicted molar refractivity (Wildman–Crippen MR) is 50.9 cm³/mol. The third-order valence-electron chi connectivity index (χ3n) is 2.38. The Morgan fingerprint density at radius 2 is 2.29 bits per heavy atom. The fourth-order valence-electron chi connectivity index (χ4n) is 1.62. The maximum atomic E-state index is 11.7. The number of likely N-dealkylation sites (N-methyl/N-ethyl adjacent to an activating group) is 1. The molecule has 1 amide bonds. The van der Waals surface area contributed by atoms with E-state index in [-0.39, 0.29) is 18.5 Å². The highest BCUT2D eigenvalue weighted by atomic mass is 16.4. The minimum Gasteiger partial charge on any atom is -0.480 e. The van der Waals surface area contributed by atoms with E-state index in [2.05, 4.69) is 5.32 Å². The van der Waals surface area contributed by atoms with E-state index in [1.807, 2.05) is 0 Å². The van der Waals surface area contributed by atoms with E-state index in [4.69, 9.17) is 5.11 Å². The lowest BCUT2D eigenvalue weighted by Crippen LogP contribution is -2.45. The molecule has 0 unspecified atom stereocenters. The molecule has 1 atom stereocenters. The Bertz CT molecular complexity index is 224. The minimum atomic E-state index is -0.960. The standard InChI is InChI=1S/C9H16N2O3/c1-2-11(6-8(12)13)9(14)7-4-3-5-10-7/h7,10H,2-6H2,1H3,(H,12,13)/t7-/m0/s1. The highest BCUT2D eigenvalue weighted by Crippen LogP contribution is 2.08. The second-order valence-corrected chi connectivity index (χ2v) is 3.40. The lowest BCUT2D eigenvalue weighted by Gasteiger charge is -2.22. The van der Waals surface area contributed by atoms with Gasteiger partial charge in [-0.1, -0.05) is 0 Å². The number of amides is 1. The Kier molecular flexibility index (Phi) is 3.88. The third-order valence-corrected chi connectivity index (χ3v) is 2.38. The zero-order valence-corrected chi connectivity index (χ0v) is 8.32. The number of nitrogens with zero attached hydrogens (tertiary/aromatic N) is 1. The second-order valence-electron chi connectivity index (χ2n) is 3.40. The van der Waals surface area contributed by atoms with Crippen LogP contribution in [0.1, 0.15) is 19.8 Å². The van der Waals surface area contributed by atoms with Gasteiger partial charge in [0.15, 0.2) is 0 Å². The van der Waals surface area contributed by atoms with Gasteiger partial charge in [-0.15, -0.1) is 0 Å². The first-order valence-corrected chi connectivity index (χ1v) is 4.89. The maximum Gasteiger partial charge on any atom is 0.323 e. The van der Waals surface area contributed by atoms with Crippen LogP contribution in [0.25, 0.3) is 0 Å². The summed E-state index contributed by atoms with van der Waals surface area (Å²) in [5.41, 5.74) is 0. The van der Waals surface area contributed by atoms with Crippen molar-refractivity contribution in [2.24, 2.45) is 0 Å². The van der Waals surface area contributed by atoms with E-state index < -0.39 is 5.97 Å². The third kappa shape index (κ3) is 2.70. The first-order chi connectivity index (χ1) is 6.65. The van der Waals surface area contributed by atoms with Crippen molar-refractivity contribution in [1.82, 2.24) is 10.2 Å². The summed E-state index contributed by atoms with van der Waals surface area (Å²) in [4.78, 5) is 23.6.